The van der Waals surface area contributed by atoms with Crippen LogP contribution in [0.5, 0.6) is 11.5 Å². The van der Waals surface area contributed by atoms with E-state index in [9.17, 15) is 4.79 Å². The number of ether oxygens (including phenoxy) is 2. The predicted octanol–water partition coefficient (Wildman–Crippen LogP) is 2.02. The summed E-state index contributed by atoms with van der Waals surface area (Å²) in [5, 5.41) is 2.88. The van der Waals surface area contributed by atoms with Crippen molar-refractivity contribution in [2.75, 3.05) is 32.2 Å². The highest BCUT2D eigenvalue weighted by molar-refractivity contribution is 5.95. The van der Waals surface area contributed by atoms with Gasteiger partial charge in [0.1, 0.15) is 11.5 Å². The van der Waals surface area contributed by atoms with E-state index in [-0.39, 0.29) is 5.91 Å². The van der Waals surface area contributed by atoms with E-state index in [1.54, 1.807) is 38.6 Å². The molecule has 3 rings (SSSR count). The van der Waals surface area contributed by atoms with E-state index in [2.05, 4.69) is 20.2 Å². The Morgan fingerprint density at radius 1 is 1.16 bits per heavy atom. The largest absolute Gasteiger partial charge is 0.497 e. The number of nitrogens with one attached hydrogen (secondary N) is 1. The molecule has 132 valence electrons. The van der Waals surface area contributed by atoms with E-state index in [0.29, 0.717) is 23.6 Å². The molecule has 2 aromatic rings. The number of nitrogens with zero attached hydrogens (tertiary/aromatic N) is 3. The highest BCUT2D eigenvalue weighted by atomic mass is 16.5. The molecule has 0 spiro atoms. The van der Waals surface area contributed by atoms with Gasteiger partial charge >= 0.3 is 0 Å². The van der Waals surface area contributed by atoms with Crippen molar-refractivity contribution in [1.29, 1.82) is 0 Å². The number of amides is 1. The Labute approximate surface area is 147 Å². The first kappa shape index (κ1) is 17.0. The Hall–Kier alpha value is -2.83. The van der Waals surface area contributed by atoms with Gasteiger partial charge in [0.15, 0.2) is 0 Å². The van der Waals surface area contributed by atoms with E-state index < -0.39 is 0 Å². The number of aromatic nitrogens is 2. The zero-order valence-electron chi connectivity index (χ0n) is 14.5. The molecule has 7 nitrogen and oxygen atoms in total. The van der Waals surface area contributed by atoms with Gasteiger partial charge in [-0.3, -0.25) is 4.79 Å². The molecule has 7 heteroatoms. The monoisotopic (exact) mass is 342 g/mol. The van der Waals surface area contributed by atoms with Gasteiger partial charge in [0.2, 0.25) is 5.95 Å². The maximum Gasteiger partial charge on any atom is 0.251 e. The minimum atomic E-state index is -0.210. The van der Waals surface area contributed by atoms with Crippen LogP contribution in [0.15, 0.2) is 30.5 Å². The van der Waals surface area contributed by atoms with Crippen molar-refractivity contribution >= 4 is 11.9 Å². The second kappa shape index (κ2) is 7.83. The van der Waals surface area contributed by atoms with Crippen LogP contribution in [0.1, 0.15) is 28.9 Å². The summed E-state index contributed by atoms with van der Waals surface area (Å²) in [5.41, 5.74) is 1.25. The molecule has 1 N–H and O–H groups in total. The third-order valence-electron chi connectivity index (χ3n) is 4.13. The Morgan fingerprint density at radius 3 is 2.48 bits per heavy atom. The van der Waals surface area contributed by atoms with Crippen molar-refractivity contribution < 1.29 is 14.3 Å². The molecule has 0 aliphatic carbocycles. The summed E-state index contributed by atoms with van der Waals surface area (Å²) in [6.45, 7) is 2.31. The molecular weight excluding hydrogens is 320 g/mol. The molecule has 1 amide bonds. The molecular formula is C18H22N4O3. The van der Waals surface area contributed by atoms with E-state index in [0.717, 1.165) is 24.7 Å². The highest BCUT2D eigenvalue weighted by Gasteiger charge is 2.15. The van der Waals surface area contributed by atoms with Crippen LogP contribution in [0.3, 0.4) is 0 Å². The normalized spacial score (nSPS) is 13.6. The van der Waals surface area contributed by atoms with Gasteiger partial charge in [-0.25, -0.2) is 9.97 Å². The summed E-state index contributed by atoms with van der Waals surface area (Å²) in [6, 6.07) is 6.89. The molecule has 1 fully saturated rings. The summed E-state index contributed by atoms with van der Waals surface area (Å²) in [4.78, 5) is 23.4. The standard InChI is InChI=1S/C18H22N4O3/c1-24-15-9-13(10-16(11-15)25-2)17(23)20-12-14-5-6-19-18(21-14)22-7-3-4-8-22/h5-6,9-11H,3-4,7-8,12H2,1-2H3,(H,20,23). The van der Waals surface area contributed by atoms with Crippen LogP contribution in [0.25, 0.3) is 0 Å². The minimum Gasteiger partial charge on any atom is -0.497 e. The highest BCUT2D eigenvalue weighted by Crippen LogP contribution is 2.22. The van der Waals surface area contributed by atoms with Crippen LogP contribution in [0.4, 0.5) is 5.95 Å². The van der Waals surface area contributed by atoms with Gasteiger partial charge in [-0.05, 0) is 31.0 Å². The molecule has 0 bridgehead atoms. The van der Waals surface area contributed by atoms with Gasteiger partial charge < -0.3 is 19.7 Å². The zero-order chi connectivity index (χ0) is 17.6. The van der Waals surface area contributed by atoms with Crippen molar-refractivity contribution in [2.45, 2.75) is 19.4 Å². The van der Waals surface area contributed by atoms with Gasteiger partial charge in [0, 0.05) is 30.9 Å². The number of methoxy groups -OCH3 is 2. The lowest BCUT2D eigenvalue weighted by molar-refractivity contribution is 0.0949. The first-order valence-corrected chi connectivity index (χ1v) is 8.28. The lowest BCUT2D eigenvalue weighted by Crippen LogP contribution is -2.25. The summed E-state index contributed by atoms with van der Waals surface area (Å²) in [6.07, 6.45) is 4.07. The maximum atomic E-state index is 12.4. The minimum absolute atomic E-state index is 0.210. The molecule has 1 aromatic heterocycles. The molecule has 25 heavy (non-hydrogen) atoms. The third kappa shape index (κ3) is 4.17. The Bertz CT molecular complexity index is 723. The SMILES string of the molecule is COc1cc(OC)cc(C(=O)NCc2ccnc(N3CCCC3)n2)c1. The molecule has 1 aliphatic rings. The zero-order valence-corrected chi connectivity index (χ0v) is 14.5. The lowest BCUT2D eigenvalue weighted by atomic mass is 10.2. The van der Waals surface area contributed by atoms with E-state index >= 15 is 0 Å². The van der Waals surface area contributed by atoms with Crippen molar-refractivity contribution in [2.24, 2.45) is 0 Å². The first-order valence-electron chi connectivity index (χ1n) is 8.28. The van der Waals surface area contributed by atoms with Crippen LogP contribution >= 0.6 is 0 Å². The number of carbonyl (C=O) groups excluding carboxylic acids is 1. The molecule has 0 radical (unpaired) electrons. The lowest BCUT2D eigenvalue weighted by Gasteiger charge is -2.15. The van der Waals surface area contributed by atoms with Crippen molar-refractivity contribution in [3.63, 3.8) is 0 Å². The number of anilines is 1. The summed E-state index contributed by atoms with van der Waals surface area (Å²) in [5.74, 6) is 1.66. The van der Waals surface area contributed by atoms with Crippen LogP contribution in [0, 0.1) is 0 Å². The molecule has 1 aliphatic heterocycles. The smallest absolute Gasteiger partial charge is 0.251 e. The van der Waals surface area contributed by atoms with Gasteiger partial charge in [-0.1, -0.05) is 0 Å². The van der Waals surface area contributed by atoms with Gasteiger partial charge in [0.25, 0.3) is 5.91 Å². The quantitative estimate of drug-likeness (QED) is 0.865. The van der Waals surface area contributed by atoms with Gasteiger partial charge in [-0.15, -0.1) is 0 Å². The number of rotatable bonds is 6. The fraction of sp³-hybridized carbons (Fsp3) is 0.389. The second-order valence-corrected chi connectivity index (χ2v) is 5.83. The third-order valence-corrected chi connectivity index (χ3v) is 4.13. The molecule has 1 saturated heterocycles. The van der Waals surface area contributed by atoms with E-state index in [4.69, 9.17) is 9.47 Å². The molecule has 0 atom stereocenters. The van der Waals surface area contributed by atoms with Crippen LogP contribution in [0.2, 0.25) is 0 Å². The fourth-order valence-corrected chi connectivity index (χ4v) is 2.76. The Kier molecular flexibility index (Phi) is 5.33. The topological polar surface area (TPSA) is 76.6 Å². The molecule has 0 unspecified atom stereocenters. The molecule has 2 heterocycles. The van der Waals surface area contributed by atoms with Crippen molar-refractivity contribution in [3.05, 3.63) is 41.7 Å². The number of carbonyl (C=O) groups is 1. The Balaban J connectivity index is 1.67. The summed E-state index contributed by atoms with van der Waals surface area (Å²) >= 11 is 0. The maximum absolute atomic E-state index is 12.4. The van der Waals surface area contributed by atoms with Crippen LogP contribution in [-0.2, 0) is 6.54 Å². The number of hydrogen-bond acceptors (Lipinski definition) is 6. The second-order valence-electron chi connectivity index (χ2n) is 5.83. The van der Waals surface area contributed by atoms with Crippen LogP contribution < -0.4 is 19.7 Å². The average molecular weight is 342 g/mol. The number of benzene rings is 1. The van der Waals surface area contributed by atoms with Crippen molar-refractivity contribution in [3.8, 4) is 11.5 Å². The van der Waals surface area contributed by atoms with E-state index in [1.807, 2.05) is 6.07 Å². The van der Waals surface area contributed by atoms with Crippen molar-refractivity contribution in [1.82, 2.24) is 15.3 Å². The summed E-state index contributed by atoms with van der Waals surface area (Å²) < 4.78 is 10.4. The predicted molar refractivity (Wildman–Crippen MR) is 94.2 cm³/mol. The Morgan fingerprint density at radius 2 is 1.84 bits per heavy atom. The fourth-order valence-electron chi connectivity index (χ4n) is 2.76. The van der Waals surface area contributed by atoms with Crippen LogP contribution in [-0.4, -0.2) is 43.2 Å². The van der Waals surface area contributed by atoms with E-state index in [1.165, 1.54) is 12.8 Å². The first-order chi connectivity index (χ1) is 12.2. The van der Waals surface area contributed by atoms with Gasteiger partial charge in [0.05, 0.1) is 26.5 Å². The average Bonchev–Trinajstić information content (AvgIpc) is 3.20. The molecule has 0 saturated carbocycles. The number of hydrogen-bond donors (Lipinski definition) is 1. The van der Waals surface area contributed by atoms with Gasteiger partial charge in [-0.2, -0.15) is 0 Å². The molecule has 1 aromatic carbocycles. The summed E-state index contributed by atoms with van der Waals surface area (Å²) in [7, 11) is 3.11.